The first kappa shape index (κ1) is 8.49. The van der Waals surface area contributed by atoms with Crippen LogP contribution in [0.25, 0.3) is 0 Å². The molecule has 0 aromatic heterocycles. The van der Waals surface area contributed by atoms with Crippen LogP contribution >= 0.6 is 12.9 Å². The molecule has 0 amide bonds. The van der Waals surface area contributed by atoms with Gasteiger partial charge in [-0.1, -0.05) is 12.1 Å². The van der Waals surface area contributed by atoms with Crippen LogP contribution in [0.1, 0.15) is 5.56 Å². The van der Waals surface area contributed by atoms with E-state index in [1.54, 1.807) is 6.07 Å². The van der Waals surface area contributed by atoms with Crippen molar-refractivity contribution in [1.82, 2.24) is 0 Å². The molecule has 0 aliphatic heterocycles. The lowest BCUT2D eigenvalue weighted by Gasteiger charge is -2.00. The van der Waals surface area contributed by atoms with Gasteiger partial charge in [-0.3, -0.25) is 12.9 Å². The Labute approximate surface area is 75.4 Å². The lowest BCUT2D eigenvalue weighted by molar-refractivity contribution is 0.620. The van der Waals surface area contributed by atoms with E-state index in [0.717, 1.165) is 9.26 Å². The van der Waals surface area contributed by atoms with Crippen LogP contribution in [0.4, 0.5) is 4.39 Å². The van der Waals surface area contributed by atoms with Gasteiger partial charge in [-0.2, -0.15) is 0 Å². The van der Waals surface area contributed by atoms with Crippen LogP contribution in [0.3, 0.4) is 0 Å². The zero-order valence-corrected chi connectivity index (χ0v) is 8.70. The summed E-state index contributed by atoms with van der Waals surface area (Å²) in [6.45, 7) is 1.82. The Hall–Kier alpha value is 0.396. The van der Waals surface area contributed by atoms with Crippen LogP contribution in [0, 0.1) is 12.7 Å². The molecule has 0 heterocycles. The molecular formula is C7H6BrFMg. The van der Waals surface area contributed by atoms with Crippen LogP contribution in [-0.4, -0.2) is 18.2 Å². The van der Waals surface area contributed by atoms with Gasteiger partial charge < -0.3 is 0 Å². The Morgan fingerprint density at radius 3 is 2.70 bits per heavy atom. The molecule has 0 unspecified atom stereocenters. The SMILES string of the molecule is Cc1c(F)ccc[c]1[Mg][Br]. The van der Waals surface area contributed by atoms with Gasteiger partial charge in [0.2, 0.25) is 0 Å². The summed E-state index contributed by atoms with van der Waals surface area (Å²) >= 11 is 3.03. The fourth-order valence-electron chi connectivity index (χ4n) is 0.797. The molecule has 1 aromatic rings. The maximum absolute atomic E-state index is 12.8. The lowest BCUT2D eigenvalue weighted by Crippen LogP contribution is -2.13. The summed E-state index contributed by atoms with van der Waals surface area (Å²) in [6.07, 6.45) is 0. The second kappa shape index (κ2) is 3.69. The summed E-state index contributed by atoms with van der Waals surface area (Å²) in [4.78, 5) is 0. The predicted octanol–water partition coefficient (Wildman–Crippen LogP) is 1.77. The average Bonchev–Trinajstić information content (AvgIpc) is 1.95. The number of halogens is 2. The maximum atomic E-state index is 12.8. The second-order valence-electron chi connectivity index (χ2n) is 2.16. The Balaban J connectivity index is 3.14. The third-order valence-corrected chi connectivity index (χ3v) is 4.39. The first-order valence-corrected chi connectivity index (χ1v) is 7.66. The molecule has 0 bridgehead atoms. The van der Waals surface area contributed by atoms with E-state index in [2.05, 4.69) is 12.9 Å². The maximum Gasteiger partial charge on any atom is 0.507 e. The minimum absolute atomic E-state index is 0.0931. The molecule has 1 aromatic carbocycles. The van der Waals surface area contributed by atoms with Gasteiger partial charge in [0, 0.05) is 0 Å². The van der Waals surface area contributed by atoms with Gasteiger partial charge in [-0.25, -0.2) is 4.39 Å². The van der Waals surface area contributed by atoms with Gasteiger partial charge in [0.05, 0.1) is 0 Å². The monoisotopic (exact) mass is 212 g/mol. The highest BCUT2D eigenvalue weighted by Crippen LogP contribution is 2.01. The first-order chi connectivity index (χ1) is 4.75. The zero-order chi connectivity index (χ0) is 7.56. The molecule has 0 atom stereocenters. The van der Waals surface area contributed by atoms with Gasteiger partial charge in [0.1, 0.15) is 5.82 Å². The fraction of sp³-hybridized carbons (Fsp3) is 0.143. The van der Waals surface area contributed by atoms with Gasteiger partial charge in [-0.05, 0) is 18.6 Å². The minimum Gasteiger partial charge on any atom is -0.296 e. The molecule has 0 saturated heterocycles. The summed E-state index contributed by atoms with van der Waals surface area (Å²) in [6, 6.07) is 5.22. The van der Waals surface area contributed by atoms with Crippen LogP contribution in [0.15, 0.2) is 18.2 Å². The Kier molecular flexibility index (Phi) is 3.13. The van der Waals surface area contributed by atoms with Crippen molar-refractivity contribution in [2.45, 2.75) is 6.92 Å². The van der Waals surface area contributed by atoms with Crippen molar-refractivity contribution >= 4 is 34.8 Å². The Morgan fingerprint density at radius 1 is 1.50 bits per heavy atom. The molecule has 0 N–H and O–H groups in total. The number of hydrogen-bond acceptors (Lipinski definition) is 0. The van der Waals surface area contributed by atoms with Crippen molar-refractivity contribution in [3.05, 3.63) is 29.6 Å². The van der Waals surface area contributed by atoms with Crippen molar-refractivity contribution < 1.29 is 4.39 Å². The molecule has 0 radical (unpaired) electrons. The van der Waals surface area contributed by atoms with Crippen molar-refractivity contribution in [3.63, 3.8) is 0 Å². The quantitative estimate of drug-likeness (QED) is 0.624. The number of rotatable bonds is 1. The molecule has 50 valence electrons. The largest absolute Gasteiger partial charge is 0.507 e. The van der Waals surface area contributed by atoms with Gasteiger partial charge in [0.15, 0.2) is 0 Å². The first-order valence-electron chi connectivity index (χ1n) is 3.05. The van der Waals surface area contributed by atoms with Gasteiger partial charge >= 0.3 is 18.2 Å². The highest BCUT2D eigenvalue weighted by atomic mass is 79.9. The molecule has 0 fully saturated rings. The van der Waals surface area contributed by atoms with Crippen LogP contribution in [0.5, 0.6) is 0 Å². The third-order valence-electron chi connectivity index (χ3n) is 1.52. The smallest absolute Gasteiger partial charge is 0.296 e. The van der Waals surface area contributed by atoms with E-state index in [0.29, 0.717) is 0 Å². The Bertz CT molecular complexity index is 237. The average molecular weight is 213 g/mol. The van der Waals surface area contributed by atoms with Crippen LogP contribution in [0.2, 0.25) is 0 Å². The molecule has 10 heavy (non-hydrogen) atoms. The standard InChI is InChI=1S/C7H6F.BrH.Mg/c1-6-4-2-3-5-7(6)8;;/h2-3,5H,1H3;1H;/q;;+1/p-1. The highest BCUT2D eigenvalue weighted by Gasteiger charge is 2.02. The highest BCUT2D eigenvalue weighted by molar-refractivity contribution is 9.23. The number of hydrogen-bond donors (Lipinski definition) is 0. The summed E-state index contributed by atoms with van der Waals surface area (Å²) in [5, 5.41) is 0. The van der Waals surface area contributed by atoms with Gasteiger partial charge in [-0.15, -0.1) is 3.69 Å². The normalized spacial score (nSPS) is 9.10. The summed E-state index contributed by atoms with van der Waals surface area (Å²) < 4.78 is 13.9. The molecular weight excluding hydrogens is 207 g/mol. The van der Waals surface area contributed by atoms with E-state index in [1.807, 2.05) is 13.0 Å². The summed E-state index contributed by atoms with van der Waals surface area (Å²) in [7, 11) is 0. The van der Waals surface area contributed by atoms with Crippen molar-refractivity contribution in [3.8, 4) is 0 Å². The topological polar surface area (TPSA) is 0 Å². The predicted molar refractivity (Wildman–Crippen MR) is 45.5 cm³/mol. The van der Waals surface area contributed by atoms with E-state index >= 15 is 0 Å². The van der Waals surface area contributed by atoms with E-state index in [-0.39, 0.29) is 24.0 Å². The number of benzene rings is 1. The molecule has 1 rings (SSSR count). The van der Waals surface area contributed by atoms with Crippen LogP contribution in [-0.2, 0) is 0 Å². The van der Waals surface area contributed by atoms with E-state index < -0.39 is 0 Å². The molecule has 0 aliphatic carbocycles. The van der Waals surface area contributed by atoms with Crippen molar-refractivity contribution in [1.29, 1.82) is 0 Å². The lowest BCUT2D eigenvalue weighted by atomic mass is 10.2. The second-order valence-corrected chi connectivity index (χ2v) is 4.87. The Morgan fingerprint density at radius 2 is 2.20 bits per heavy atom. The van der Waals surface area contributed by atoms with E-state index in [9.17, 15) is 4.39 Å². The molecule has 0 saturated carbocycles. The zero-order valence-electron chi connectivity index (χ0n) is 5.70. The third kappa shape index (κ3) is 1.71. The summed E-state index contributed by atoms with van der Waals surface area (Å²) in [5.41, 5.74) is 0.797. The van der Waals surface area contributed by atoms with E-state index in [4.69, 9.17) is 0 Å². The molecule has 0 spiro atoms. The van der Waals surface area contributed by atoms with Crippen molar-refractivity contribution in [2.24, 2.45) is 0 Å². The van der Waals surface area contributed by atoms with Crippen molar-refractivity contribution in [2.75, 3.05) is 0 Å². The molecule has 3 heteroatoms. The molecule has 0 nitrogen and oxygen atoms in total. The fourth-order valence-corrected chi connectivity index (χ4v) is 3.21. The van der Waals surface area contributed by atoms with E-state index in [1.165, 1.54) is 6.07 Å². The summed E-state index contributed by atoms with van der Waals surface area (Å²) in [5.74, 6) is -0.0931. The van der Waals surface area contributed by atoms with Gasteiger partial charge in [0.25, 0.3) is 0 Å². The van der Waals surface area contributed by atoms with Crippen LogP contribution < -0.4 is 3.69 Å². The molecule has 0 aliphatic rings. The minimum atomic E-state index is -0.387.